The van der Waals surface area contributed by atoms with Crippen molar-refractivity contribution in [3.8, 4) is 5.75 Å². The molecule has 1 aromatic rings. The standard InChI is InChI=1S/C15H22ClNO2.C2H2O4/c1-13-4-5-15(14(16)12-13)19-9-3-2-6-17-7-10-18-11-8-17;3-1(4)2(5)6/h4-5,12H,2-3,6-11H2,1H3;(H,3,4)(H,5,6). The molecule has 0 bridgehead atoms. The third kappa shape index (κ3) is 9.28. The second kappa shape index (κ2) is 11.7. The van der Waals surface area contributed by atoms with Crippen LogP contribution in [0.1, 0.15) is 18.4 Å². The molecule has 7 nitrogen and oxygen atoms in total. The van der Waals surface area contributed by atoms with E-state index in [2.05, 4.69) is 4.90 Å². The van der Waals surface area contributed by atoms with Crippen LogP contribution in [0.2, 0.25) is 5.02 Å². The molecule has 1 aliphatic heterocycles. The van der Waals surface area contributed by atoms with Crippen molar-refractivity contribution in [2.45, 2.75) is 19.8 Å². The Bertz CT molecular complexity index is 548. The number of aryl methyl sites for hydroxylation is 1. The van der Waals surface area contributed by atoms with Crippen molar-refractivity contribution < 1.29 is 29.3 Å². The second-order valence-electron chi connectivity index (χ2n) is 5.55. The number of hydrogen-bond acceptors (Lipinski definition) is 5. The van der Waals surface area contributed by atoms with Crippen molar-refractivity contribution in [2.75, 3.05) is 39.5 Å². The van der Waals surface area contributed by atoms with E-state index in [1.165, 1.54) is 0 Å². The largest absolute Gasteiger partial charge is 0.492 e. The number of halogens is 1. The minimum Gasteiger partial charge on any atom is -0.492 e. The minimum atomic E-state index is -1.82. The molecule has 1 aromatic carbocycles. The summed E-state index contributed by atoms with van der Waals surface area (Å²) < 4.78 is 11.0. The van der Waals surface area contributed by atoms with Crippen LogP contribution in [-0.2, 0) is 14.3 Å². The SMILES string of the molecule is Cc1ccc(OCCCCN2CCOCC2)c(Cl)c1.O=C(O)C(=O)O. The van der Waals surface area contributed by atoms with Gasteiger partial charge < -0.3 is 19.7 Å². The maximum absolute atomic E-state index is 9.10. The van der Waals surface area contributed by atoms with Gasteiger partial charge >= 0.3 is 11.9 Å². The summed E-state index contributed by atoms with van der Waals surface area (Å²) in [6, 6.07) is 5.90. The van der Waals surface area contributed by atoms with Crippen LogP contribution in [0.3, 0.4) is 0 Å². The molecule has 8 heteroatoms. The van der Waals surface area contributed by atoms with Crippen LogP contribution in [0.4, 0.5) is 0 Å². The van der Waals surface area contributed by atoms with Gasteiger partial charge in [0.2, 0.25) is 0 Å². The Hall–Kier alpha value is -1.83. The minimum absolute atomic E-state index is 0.702. The van der Waals surface area contributed by atoms with Crippen molar-refractivity contribution >= 4 is 23.5 Å². The van der Waals surface area contributed by atoms with Gasteiger partial charge in [-0.15, -0.1) is 0 Å². The highest BCUT2D eigenvalue weighted by Gasteiger charge is 2.09. The smallest absolute Gasteiger partial charge is 0.414 e. The number of rotatable bonds is 6. The van der Waals surface area contributed by atoms with Crippen LogP contribution < -0.4 is 4.74 Å². The Kier molecular flexibility index (Phi) is 9.91. The van der Waals surface area contributed by atoms with Gasteiger partial charge in [0.05, 0.1) is 24.8 Å². The van der Waals surface area contributed by atoms with Gasteiger partial charge in [-0.25, -0.2) is 9.59 Å². The molecule has 1 heterocycles. The number of ether oxygens (including phenoxy) is 2. The maximum Gasteiger partial charge on any atom is 0.414 e. The maximum atomic E-state index is 9.10. The Labute approximate surface area is 152 Å². The van der Waals surface area contributed by atoms with Gasteiger partial charge in [-0.3, -0.25) is 4.90 Å². The first kappa shape index (κ1) is 21.2. The number of morpholine rings is 1. The Morgan fingerprint density at radius 2 is 1.84 bits per heavy atom. The highest BCUT2D eigenvalue weighted by molar-refractivity contribution is 6.32. The van der Waals surface area contributed by atoms with E-state index in [0.717, 1.165) is 63.6 Å². The third-order valence-corrected chi connectivity index (χ3v) is 3.80. The molecular formula is C17H24ClNO6. The topological polar surface area (TPSA) is 96.3 Å². The van der Waals surface area contributed by atoms with E-state index < -0.39 is 11.9 Å². The first-order valence-corrected chi connectivity index (χ1v) is 8.43. The second-order valence-corrected chi connectivity index (χ2v) is 5.96. The molecule has 0 aliphatic carbocycles. The van der Waals surface area contributed by atoms with Crippen LogP contribution in [0, 0.1) is 6.92 Å². The summed E-state index contributed by atoms with van der Waals surface area (Å²) in [5.74, 6) is -2.86. The number of hydrogen-bond donors (Lipinski definition) is 2. The molecule has 0 amide bonds. The van der Waals surface area contributed by atoms with Gasteiger partial charge in [0, 0.05) is 13.1 Å². The fraction of sp³-hybridized carbons (Fsp3) is 0.529. The van der Waals surface area contributed by atoms with Crippen LogP contribution >= 0.6 is 11.6 Å². The first-order chi connectivity index (χ1) is 11.9. The van der Waals surface area contributed by atoms with Gasteiger partial charge in [0.1, 0.15) is 5.75 Å². The molecule has 0 saturated carbocycles. The van der Waals surface area contributed by atoms with E-state index in [1.807, 2.05) is 25.1 Å². The normalized spacial score (nSPS) is 14.3. The van der Waals surface area contributed by atoms with E-state index in [9.17, 15) is 0 Å². The summed E-state index contributed by atoms with van der Waals surface area (Å²) >= 11 is 6.12. The first-order valence-electron chi connectivity index (χ1n) is 8.05. The zero-order valence-corrected chi connectivity index (χ0v) is 15.0. The molecule has 1 saturated heterocycles. The lowest BCUT2D eigenvalue weighted by atomic mass is 10.2. The number of carboxylic acids is 2. The Morgan fingerprint density at radius 3 is 2.40 bits per heavy atom. The monoisotopic (exact) mass is 373 g/mol. The summed E-state index contributed by atoms with van der Waals surface area (Å²) in [5.41, 5.74) is 1.16. The lowest BCUT2D eigenvalue weighted by Gasteiger charge is -2.26. The van der Waals surface area contributed by atoms with Crippen molar-refractivity contribution in [1.29, 1.82) is 0 Å². The summed E-state index contributed by atoms with van der Waals surface area (Å²) in [7, 11) is 0. The van der Waals surface area contributed by atoms with Crippen LogP contribution in [0.15, 0.2) is 18.2 Å². The number of aliphatic carboxylic acids is 2. The predicted octanol–water partition coefficient (Wildman–Crippen LogP) is 2.30. The molecule has 0 atom stereocenters. The third-order valence-electron chi connectivity index (χ3n) is 3.50. The average Bonchev–Trinajstić information content (AvgIpc) is 2.58. The highest BCUT2D eigenvalue weighted by Crippen LogP contribution is 2.25. The fourth-order valence-electron chi connectivity index (χ4n) is 2.17. The van der Waals surface area contributed by atoms with Crippen molar-refractivity contribution in [2.24, 2.45) is 0 Å². The lowest BCUT2D eigenvalue weighted by Crippen LogP contribution is -2.36. The molecule has 1 fully saturated rings. The van der Waals surface area contributed by atoms with Crippen LogP contribution in [0.5, 0.6) is 5.75 Å². The fourth-order valence-corrected chi connectivity index (χ4v) is 2.46. The molecule has 0 aromatic heterocycles. The molecule has 1 aliphatic rings. The Balaban J connectivity index is 0.000000450. The number of carbonyl (C=O) groups is 2. The zero-order chi connectivity index (χ0) is 18.7. The summed E-state index contributed by atoms with van der Waals surface area (Å²) in [6.07, 6.45) is 2.21. The van der Waals surface area contributed by atoms with E-state index in [4.69, 9.17) is 40.9 Å². The van der Waals surface area contributed by atoms with Crippen LogP contribution in [0.25, 0.3) is 0 Å². The molecule has 0 radical (unpaired) electrons. The van der Waals surface area contributed by atoms with Gasteiger partial charge in [0.15, 0.2) is 0 Å². The van der Waals surface area contributed by atoms with Gasteiger partial charge in [-0.05, 0) is 44.0 Å². The van der Waals surface area contributed by atoms with Crippen LogP contribution in [-0.4, -0.2) is 66.5 Å². The Morgan fingerprint density at radius 1 is 1.20 bits per heavy atom. The van der Waals surface area contributed by atoms with E-state index in [1.54, 1.807) is 0 Å². The summed E-state index contributed by atoms with van der Waals surface area (Å²) in [6.45, 7) is 7.75. The highest BCUT2D eigenvalue weighted by atomic mass is 35.5. The van der Waals surface area contributed by atoms with Crippen molar-refractivity contribution in [1.82, 2.24) is 4.90 Å². The van der Waals surface area contributed by atoms with E-state index in [-0.39, 0.29) is 0 Å². The van der Waals surface area contributed by atoms with E-state index >= 15 is 0 Å². The summed E-state index contributed by atoms with van der Waals surface area (Å²) in [4.78, 5) is 20.6. The summed E-state index contributed by atoms with van der Waals surface area (Å²) in [5, 5.41) is 15.5. The van der Waals surface area contributed by atoms with Crippen molar-refractivity contribution in [3.05, 3.63) is 28.8 Å². The van der Waals surface area contributed by atoms with Gasteiger partial charge in [-0.2, -0.15) is 0 Å². The molecular weight excluding hydrogens is 350 g/mol. The molecule has 0 spiro atoms. The molecule has 0 unspecified atom stereocenters. The predicted molar refractivity (Wildman–Crippen MR) is 93.4 cm³/mol. The van der Waals surface area contributed by atoms with E-state index in [0.29, 0.717) is 5.02 Å². The molecule has 25 heavy (non-hydrogen) atoms. The van der Waals surface area contributed by atoms with Crippen molar-refractivity contribution in [3.63, 3.8) is 0 Å². The van der Waals surface area contributed by atoms with Gasteiger partial charge in [-0.1, -0.05) is 17.7 Å². The zero-order valence-electron chi connectivity index (χ0n) is 14.2. The lowest BCUT2D eigenvalue weighted by molar-refractivity contribution is -0.159. The number of unbranched alkanes of at least 4 members (excludes halogenated alkanes) is 1. The van der Waals surface area contributed by atoms with Gasteiger partial charge in [0.25, 0.3) is 0 Å². The molecule has 2 rings (SSSR count). The molecule has 2 N–H and O–H groups in total. The number of carboxylic acid groups (broad SMARTS) is 2. The molecule has 140 valence electrons. The number of nitrogens with zero attached hydrogens (tertiary/aromatic N) is 1. The average molecular weight is 374 g/mol. The number of benzene rings is 1. The quantitative estimate of drug-likeness (QED) is 0.583.